The zero-order valence-electron chi connectivity index (χ0n) is 16.8. The third-order valence-corrected chi connectivity index (χ3v) is 5.11. The maximum atomic E-state index is 12.6. The summed E-state index contributed by atoms with van der Waals surface area (Å²) in [7, 11) is 0. The highest BCUT2D eigenvalue weighted by Crippen LogP contribution is 2.27. The number of carbonyl (C=O) groups is 2. The van der Waals surface area contributed by atoms with Crippen molar-refractivity contribution in [2.24, 2.45) is 0 Å². The van der Waals surface area contributed by atoms with Crippen molar-refractivity contribution in [3.05, 3.63) is 53.7 Å². The van der Waals surface area contributed by atoms with E-state index in [2.05, 4.69) is 29.0 Å². The molecule has 0 bridgehead atoms. The summed E-state index contributed by atoms with van der Waals surface area (Å²) in [5.74, 6) is 0.838. The van der Waals surface area contributed by atoms with E-state index in [9.17, 15) is 9.59 Å². The molecular weight excluding hydrogens is 352 g/mol. The maximum absolute atomic E-state index is 12.6. The quantitative estimate of drug-likeness (QED) is 0.809. The van der Waals surface area contributed by atoms with Gasteiger partial charge in [-0.1, -0.05) is 38.1 Å². The van der Waals surface area contributed by atoms with Gasteiger partial charge in [-0.15, -0.1) is 0 Å². The van der Waals surface area contributed by atoms with Crippen LogP contribution in [0.2, 0.25) is 0 Å². The number of piperazine rings is 1. The van der Waals surface area contributed by atoms with Crippen molar-refractivity contribution >= 4 is 23.3 Å². The van der Waals surface area contributed by atoms with Crippen LogP contribution in [-0.4, -0.2) is 47.9 Å². The lowest BCUT2D eigenvalue weighted by Gasteiger charge is -2.35. The predicted octanol–water partition coefficient (Wildman–Crippen LogP) is 3.19. The lowest BCUT2D eigenvalue weighted by Crippen LogP contribution is -2.49. The van der Waals surface area contributed by atoms with Crippen LogP contribution in [-0.2, 0) is 9.59 Å². The summed E-state index contributed by atoms with van der Waals surface area (Å²) in [5, 5.41) is 2.96. The number of aromatic nitrogens is 1. The zero-order valence-corrected chi connectivity index (χ0v) is 16.8. The molecule has 1 aliphatic heterocycles. The number of pyridine rings is 1. The van der Waals surface area contributed by atoms with Crippen LogP contribution in [0.3, 0.4) is 0 Å². The summed E-state index contributed by atoms with van der Waals surface area (Å²) in [6.07, 6.45) is 1.64. The molecule has 1 aromatic heterocycles. The van der Waals surface area contributed by atoms with Gasteiger partial charge in [0.1, 0.15) is 12.2 Å². The van der Waals surface area contributed by atoms with Crippen molar-refractivity contribution in [1.82, 2.24) is 9.88 Å². The minimum atomic E-state index is -0.256. The van der Waals surface area contributed by atoms with E-state index in [0.29, 0.717) is 19.0 Å². The van der Waals surface area contributed by atoms with Crippen LogP contribution in [0.1, 0.15) is 37.3 Å². The first-order chi connectivity index (χ1) is 13.5. The van der Waals surface area contributed by atoms with Gasteiger partial charge >= 0.3 is 0 Å². The number of benzene rings is 1. The van der Waals surface area contributed by atoms with Crippen molar-refractivity contribution in [3.8, 4) is 0 Å². The molecule has 1 N–H and O–H groups in total. The van der Waals surface area contributed by atoms with E-state index in [1.807, 2.05) is 43.3 Å². The summed E-state index contributed by atoms with van der Waals surface area (Å²) >= 11 is 0. The van der Waals surface area contributed by atoms with E-state index in [0.717, 1.165) is 35.7 Å². The van der Waals surface area contributed by atoms with E-state index < -0.39 is 0 Å². The van der Waals surface area contributed by atoms with Crippen molar-refractivity contribution in [2.75, 3.05) is 36.4 Å². The van der Waals surface area contributed by atoms with Gasteiger partial charge in [0.05, 0.1) is 0 Å². The van der Waals surface area contributed by atoms with Gasteiger partial charge in [-0.2, -0.15) is 0 Å². The van der Waals surface area contributed by atoms with Gasteiger partial charge in [-0.05, 0) is 36.1 Å². The second-order valence-electron chi connectivity index (χ2n) is 7.47. The average Bonchev–Trinajstić information content (AvgIpc) is 2.70. The highest BCUT2D eigenvalue weighted by atomic mass is 16.2. The largest absolute Gasteiger partial charge is 0.353 e. The predicted molar refractivity (Wildman–Crippen MR) is 112 cm³/mol. The second kappa shape index (κ2) is 8.87. The van der Waals surface area contributed by atoms with E-state index in [-0.39, 0.29) is 18.2 Å². The number of nitrogens with zero attached hydrogens (tertiary/aromatic N) is 3. The highest BCUT2D eigenvalue weighted by Gasteiger charge is 2.24. The molecule has 6 nitrogen and oxygen atoms in total. The number of anilines is 2. The summed E-state index contributed by atoms with van der Waals surface area (Å²) < 4.78 is 0. The molecule has 2 aromatic rings. The Morgan fingerprint density at radius 3 is 2.46 bits per heavy atom. The molecule has 0 radical (unpaired) electrons. The van der Waals surface area contributed by atoms with Crippen molar-refractivity contribution < 1.29 is 9.59 Å². The summed E-state index contributed by atoms with van der Waals surface area (Å²) in [6.45, 7) is 8.81. The van der Waals surface area contributed by atoms with Crippen LogP contribution in [0, 0.1) is 6.92 Å². The molecule has 1 saturated heterocycles. The number of aryl methyl sites for hydroxylation is 1. The Bertz CT molecular complexity index is 828. The monoisotopic (exact) mass is 380 g/mol. The molecule has 1 fully saturated rings. The molecule has 2 heterocycles. The van der Waals surface area contributed by atoms with E-state index in [4.69, 9.17) is 0 Å². The number of amides is 2. The molecule has 0 unspecified atom stereocenters. The Morgan fingerprint density at radius 2 is 1.82 bits per heavy atom. The number of rotatable bonds is 5. The molecule has 3 rings (SSSR count). The number of hydrogen-bond donors (Lipinski definition) is 1. The first kappa shape index (κ1) is 19.9. The van der Waals surface area contributed by atoms with Crippen LogP contribution in [0.4, 0.5) is 11.5 Å². The van der Waals surface area contributed by atoms with E-state index in [1.54, 1.807) is 11.1 Å². The fourth-order valence-electron chi connectivity index (χ4n) is 3.50. The number of para-hydroxylation sites is 1. The average molecular weight is 380 g/mol. The molecule has 28 heavy (non-hydrogen) atoms. The third-order valence-electron chi connectivity index (χ3n) is 5.11. The smallest absolute Gasteiger partial charge is 0.233 e. The number of hydrogen-bond acceptors (Lipinski definition) is 4. The third kappa shape index (κ3) is 4.68. The molecule has 2 amide bonds. The Kier molecular flexibility index (Phi) is 6.29. The first-order valence-electron chi connectivity index (χ1n) is 9.79. The molecular formula is C22H28N4O2. The Morgan fingerprint density at radius 1 is 1.07 bits per heavy atom. The molecule has 0 atom stereocenters. The zero-order chi connectivity index (χ0) is 20.1. The fraction of sp³-hybridized carbons (Fsp3) is 0.409. The SMILES string of the molecule is Cc1cccc(C(C)C)c1NC(=O)CC(=O)N1CCN(c2ccccn2)CC1. The first-order valence-corrected chi connectivity index (χ1v) is 9.79. The van der Waals surface area contributed by atoms with Gasteiger partial charge < -0.3 is 15.1 Å². The van der Waals surface area contributed by atoms with Crippen LogP contribution in [0.15, 0.2) is 42.6 Å². The van der Waals surface area contributed by atoms with Crippen LogP contribution in [0.5, 0.6) is 0 Å². The minimum absolute atomic E-state index is 0.127. The molecule has 0 aliphatic carbocycles. The summed E-state index contributed by atoms with van der Waals surface area (Å²) in [5.41, 5.74) is 2.93. The van der Waals surface area contributed by atoms with Gasteiger partial charge in [0, 0.05) is 38.1 Å². The fourth-order valence-corrected chi connectivity index (χ4v) is 3.50. The Balaban J connectivity index is 1.55. The van der Waals surface area contributed by atoms with Gasteiger partial charge in [0.2, 0.25) is 11.8 Å². The molecule has 148 valence electrons. The number of nitrogens with one attached hydrogen (secondary N) is 1. The van der Waals surface area contributed by atoms with E-state index in [1.165, 1.54) is 0 Å². The summed E-state index contributed by atoms with van der Waals surface area (Å²) in [6, 6.07) is 11.8. The van der Waals surface area contributed by atoms with Crippen molar-refractivity contribution in [2.45, 2.75) is 33.1 Å². The highest BCUT2D eigenvalue weighted by molar-refractivity contribution is 6.04. The lowest BCUT2D eigenvalue weighted by atomic mass is 9.98. The van der Waals surface area contributed by atoms with Crippen LogP contribution in [0.25, 0.3) is 0 Å². The van der Waals surface area contributed by atoms with Gasteiger partial charge in [0.25, 0.3) is 0 Å². The Hall–Kier alpha value is -2.89. The van der Waals surface area contributed by atoms with Crippen LogP contribution >= 0.6 is 0 Å². The van der Waals surface area contributed by atoms with Crippen molar-refractivity contribution in [1.29, 1.82) is 0 Å². The van der Waals surface area contributed by atoms with Gasteiger partial charge in [-0.25, -0.2) is 4.98 Å². The maximum Gasteiger partial charge on any atom is 0.233 e. The molecule has 6 heteroatoms. The topological polar surface area (TPSA) is 65.5 Å². The standard InChI is InChI=1S/C22H28N4O2/c1-16(2)18-8-6-7-17(3)22(18)24-20(27)15-21(28)26-13-11-25(12-14-26)19-9-4-5-10-23-19/h4-10,16H,11-15H2,1-3H3,(H,24,27). The Labute approximate surface area is 166 Å². The second-order valence-corrected chi connectivity index (χ2v) is 7.47. The minimum Gasteiger partial charge on any atom is -0.353 e. The van der Waals surface area contributed by atoms with Crippen molar-refractivity contribution in [3.63, 3.8) is 0 Å². The molecule has 0 saturated carbocycles. The van der Waals surface area contributed by atoms with Crippen LogP contribution < -0.4 is 10.2 Å². The molecule has 1 aromatic carbocycles. The molecule has 0 spiro atoms. The number of carbonyl (C=O) groups excluding carboxylic acids is 2. The molecule has 1 aliphatic rings. The lowest BCUT2D eigenvalue weighted by molar-refractivity contribution is -0.134. The van der Waals surface area contributed by atoms with E-state index >= 15 is 0 Å². The summed E-state index contributed by atoms with van der Waals surface area (Å²) in [4.78, 5) is 33.4. The van der Waals surface area contributed by atoms with Gasteiger partial charge in [0.15, 0.2) is 0 Å². The van der Waals surface area contributed by atoms with Gasteiger partial charge in [-0.3, -0.25) is 9.59 Å². The normalized spacial score (nSPS) is 14.3.